The Balaban J connectivity index is 1.69. The van der Waals surface area contributed by atoms with Crippen LogP contribution in [-0.2, 0) is 22.7 Å². The lowest BCUT2D eigenvalue weighted by Crippen LogP contribution is -2.57. The van der Waals surface area contributed by atoms with Crippen molar-refractivity contribution in [3.63, 3.8) is 0 Å². The van der Waals surface area contributed by atoms with Crippen LogP contribution in [0.5, 0.6) is 0 Å². The average Bonchev–Trinajstić information content (AvgIpc) is 2.75. The Bertz CT molecular complexity index is 926. The van der Waals surface area contributed by atoms with Crippen molar-refractivity contribution in [3.8, 4) is 0 Å². The van der Waals surface area contributed by atoms with Gasteiger partial charge in [0.05, 0.1) is 5.69 Å². The van der Waals surface area contributed by atoms with Gasteiger partial charge in [-0.05, 0) is 51.1 Å². The highest BCUT2D eigenvalue weighted by Gasteiger charge is 2.30. The van der Waals surface area contributed by atoms with Crippen LogP contribution >= 0.6 is 0 Å². The van der Waals surface area contributed by atoms with Gasteiger partial charge in [0.15, 0.2) is 0 Å². The van der Waals surface area contributed by atoms with Crippen LogP contribution in [0.1, 0.15) is 31.9 Å². The summed E-state index contributed by atoms with van der Waals surface area (Å²) < 4.78 is 0. The van der Waals surface area contributed by atoms with Gasteiger partial charge in [-0.15, -0.1) is 0 Å². The molecule has 0 radical (unpaired) electrons. The Morgan fingerprint density at radius 1 is 1.13 bits per heavy atom. The third kappa shape index (κ3) is 5.04. The number of benzene rings is 2. The van der Waals surface area contributed by atoms with E-state index in [0.717, 1.165) is 12.1 Å². The lowest BCUT2D eigenvalue weighted by atomic mass is 10.1. The van der Waals surface area contributed by atoms with Crippen molar-refractivity contribution in [2.75, 3.05) is 12.1 Å². The van der Waals surface area contributed by atoms with Gasteiger partial charge in [-0.2, -0.15) is 0 Å². The summed E-state index contributed by atoms with van der Waals surface area (Å²) in [6.07, 6.45) is 0. The zero-order valence-corrected chi connectivity index (χ0v) is 17.9. The summed E-state index contributed by atoms with van der Waals surface area (Å²) in [4.78, 5) is 31.8. The van der Waals surface area contributed by atoms with Crippen LogP contribution in [0.15, 0.2) is 59.6 Å². The van der Waals surface area contributed by atoms with Crippen LogP contribution < -0.4 is 15.8 Å². The summed E-state index contributed by atoms with van der Waals surface area (Å²) in [6, 6.07) is 17.0. The van der Waals surface area contributed by atoms with Crippen molar-refractivity contribution >= 4 is 23.3 Å². The van der Waals surface area contributed by atoms with E-state index in [1.165, 1.54) is 10.6 Å². The Morgan fingerprint density at radius 2 is 1.77 bits per heavy atom. The van der Waals surface area contributed by atoms with Crippen LogP contribution in [0.4, 0.5) is 5.69 Å². The summed E-state index contributed by atoms with van der Waals surface area (Å²) in [7, 11) is 2.08. The maximum absolute atomic E-state index is 12.8. The number of rotatable bonds is 7. The number of carbonyl (C=O) groups is 2. The summed E-state index contributed by atoms with van der Waals surface area (Å²) in [5.74, 6) is -0.426. The molecule has 0 fully saturated rings. The fourth-order valence-electron chi connectivity index (χ4n) is 3.10. The van der Waals surface area contributed by atoms with Crippen LogP contribution in [0.3, 0.4) is 0 Å². The Hall–Kier alpha value is -3.19. The highest BCUT2D eigenvalue weighted by molar-refractivity contribution is 6.39. The fourth-order valence-corrected chi connectivity index (χ4v) is 3.10. The Kier molecular flexibility index (Phi) is 6.84. The first-order valence-electron chi connectivity index (χ1n) is 10.2. The van der Waals surface area contributed by atoms with E-state index in [9.17, 15) is 9.59 Å². The van der Waals surface area contributed by atoms with E-state index in [4.69, 9.17) is 0 Å². The first kappa shape index (κ1) is 21.5. The van der Waals surface area contributed by atoms with Gasteiger partial charge in [-0.3, -0.25) is 19.9 Å². The molecular weight excluding hydrogens is 378 g/mol. The molecule has 2 N–H and O–H groups in total. The molecule has 3 rings (SSSR count). The maximum atomic E-state index is 12.8. The molecule has 1 unspecified atom stereocenters. The minimum atomic E-state index is -0.640. The second-order valence-electron chi connectivity index (χ2n) is 7.73. The third-order valence-electron chi connectivity index (χ3n) is 5.21. The van der Waals surface area contributed by atoms with Gasteiger partial charge >= 0.3 is 0 Å². The lowest BCUT2D eigenvalue weighted by Gasteiger charge is -2.30. The van der Waals surface area contributed by atoms with Crippen LogP contribution in [0.25, 0.3) is 0 Å². The average molecular weight is 408 g/mol. The number of hydrogen-bond donors (Lipinski definition) is 2. The standard InChI is InChI=1S/C23H29N5O2/c1-16(2)27(4)15-19-11-9-8-10-18(19)14-24-22(29)21-25-17(3)23(30)28(26-21)20-12-6-5-7-13-20/h5-13,16-17H,14-15H2,1-4H3,(H,24,29)(H,25,26). The predicted molar refractivity (Wildman–Crippen MR) is 119 cm³/mol. The minimum Gasteiger partial charge on any atom is -0.345 e. The first-order chi connectivity index (χ1) is 14.4. The number of carbonyl (C=O) groups excluding carboxylic acids is 2. The Labute approximate surface area is 177 Å². The van der Waals surface area contributed by atoms with Gasteiger partial charge in [-0.1, -0.05) is 42.5 Å². The van der Waals surface area contributed by atoms with Crippen LogP contribution in [0.2, 0.25) is 0 Å². The van der Waals surface area contributed by atoms with Gasteiger partial charge in [0, 0.05) is 19.1 Å². The largest absolute Gasteiger partial charge is 0.345 e. The molecule has 1 aliphatic heterocycles. The molecule has 1 heterocycles. The lowest BCUT2D eigenvalue weighted by molar-refractivity contribution is -0.120. The number of hydrogen-bond acceptors (Lipinski definition) is 5. The number of nitrogens with one attached hydrogen (secondary N) is 2. The minimum absolute atomic E-state index is 0.128. The van der Waals surface area contributed by atoms with E-state index in [1.807, 2.05) is 36.4 Å². The predicted octanol–water partition coefficient (Wildman–Crippen LogP) is 2.48. The molecule has 2 aromatic carbocycles. The quantitative estimate of drug-likeness (QED) is 0.739. The monoisotopic (exact) mass is 407 g/mol. The van der Waals surface area contributed by atoms with Gasteiger partial charge in [0.2, 0.25) is 5.84 Å². The smallest absolute Gasteiger partial charge is 0.288 e. The number of anilines is 1. The molecule has 1 atom stereocenters. The van der Waals surface area contributed by atoms with Gasteiger partial charge in [-0.25, -0.2) is 10.0 Å². The number of nitrogens with zero attached hydrogens (tertiary/aromatic N) is 3. The number of para-hydroxylation sites is 1. The summed E-state index contributed by atoms with van der Waals surface area (Å²) in [5, 5.41) is 4.30. The molecule has 2 aromatic rings. The molecule has 0 spiro atoms. The molecule has 0 bridgehead atoms. The molecule has 0 saturated carbocycles. The van der Waals surface area contributed by atoms with Gasteiger partial charge in [0.1, 0.15) is 6.04 Å². The van der Waals surface area contributed by atoms with E-state index < -0.39 is 6.04 Å². The zero-order valence-electron chi connectivity index (χ0n) is 17.9. The van der Waals surface area contributed by atoms with E-state index >= 15 is 0 Å². The van der Waals surface area contributed by atoms with E-state index in [1.54, 1.807) is 19.1 Å². The number of hydrazine groups is 1. The molecule has 7 heteroatoms. The highest BCUT2D eigenvalue weighted by Crippen LogP contribution is 2.16. The molecule has 30 heavy (non-hydrogen) atoms. The van der Waals surface area contributed by atoms with Crippen molar-refractivity contribution in [2.24, 2.45) is 4.99 Å². The molecular formula is C23H29N5O2. The van der Waals surface area contributed by atoms with E-state index in [0.29, 0.717) is 18.3 Å². The summed E-state index contributed by atoms with van der Waals surface area (Å²) >= 11 is 0. The normalized spacial score (nSPS) is 16.5. The third-order valence-corrected chi connectivity index (χ3v) is 5.21. The van der Waals surface area contributed by atoms with E-state index in [2.05, 4.69) is 47.6 Å². The molecule has 0 aliphatic carbocycles. The molecule has 0 aromatic heterocycles. The van der Waals surface area contributed by atoms with Crippen molar-refractivity contribution in [3.05, 3.63) is 65.7 Å². The second kappa shape index (κ2) is 9.54. The number of amidine groups is 1. The molecule has 0 saturated heterocycles. The van der Waals surface area contributed by atoms with Crippen molar-refractivity contribution in [2.45, 2.75) is 45.9 Å². The fraction of sp³-hybridized carbons (Fsp3) is 0.348. The molecule has 1 aliphatic rings. The molecule has 2 amide bonds. The van der Waals surface area contributed by atoms with Crippen LogP contribution in [-0.4, -0.2) is 41.7 Å². The number of amides is 2. The van der Waals surface area contributed by atoms with Gasteiger partial charge in [0.25, 0.3) is 11.8 Å². The zero-order chi connectivity index (χ0) is 21.7. The van der Waals surface area contributed by atoms with Gasteiger partial charge < -0.3 is 5.32 Å². The number of aliphatic imine (C=N–C) groups is 1. The maximum Gasteiger partial charge on any atom is 0.288 e. The highest BCUT2D eigenvalue weighted by atomic mass is 16.2. The SMILES string of the molecule is CC1N=C(C(=O)NCc2ccccc2CN(C)C(C)C)NN(c2ccccc2)C1=O. The second-order valence-corrected chi connectivity index (χ2v) is 7.73. The molecule has 158 valence electrons. The van der Waals surface area contributed by atoms with Crippen molar-refractivity contribution in [1.29, 1.82) is 0 Å². The summed E-state index contributed by atoms with van der Waals surface area (Å²) in [6.45, 7) is 7.17. The topological polar surface area (TPSA) is 77.0 Å². The Morgan fingerprint density at radius 3 is 2.43 bits per heavy atom. The summed E-state index contributed by atoms with van der Waals surface area (Å²) in [5.41, 5.74) is 5.75. The van der Waals surface area contributed by atoms with E-state index in [-0.39, 0.29) is 17.6 Å². The molecule has 7 nitrogen and oxygen atoms in total. The van der Waals surface area contributed by atoms with Crippen LogP contribution in [0, 0.1) is 0 Å². The first-order valence-corrected chi connectivity index (χ1v) is 10.2. The van der Waals surface area contributed by atoms with Crippen molar-refractivity contribution < 1.29 is 9.59 Å². The van der Waals surface area contributed by atoms with Crippen molar-refractivity contribution in [1.82, 2.24) is 15.6 Å².